The summed E-state index contributed by atoms with van der Waals surface area (Å²) in [5.74, 6) is -0.160. The maximum absolute atomic E-state index is 12.7. The monoisotopic (exact) mass is 291 g/mol. The average Bonchev–Trinajstić information content (AvgIpc) is 3.15. The fraction of sp³-hybridized carbons (Fsp3) is 0.263. The SMILES string of the molecule is O=C(NC1CCCC1)c1cccc2c1C(=O)c1ccccc1-2. The van der Waals surface area contributed by atoms with Crippen molar-refractivity contribution in [3.8, 4) is 11.1 Å². The molecule has 3 heteroatoms. The summed E-state index contributed by atoms with van der Waals surface area (Å²) in [5.41, 5.74) is 3.56. The number of rotatable bonds is 2. The molecule has 3 nitrogen and oxygen atoms in total. The topological polar surface area (TPSA) is 46.2 Å². The zero-order valence-electron chi connectivity index (χ0n) is 12.3. The molecule has 22 heavy (non-hydrogen) atoms. The molecule has 2 aromatic carbocycles. The van der Waals surface area contributed by atoms with E-state index >= 15 is 0 Å². The molecule has 1 amide bonds. The van der Waals surface area contributed by atoms with E-state index in [1.165, 1.54) is 12.8 Å². The Labute approximate surface area is 129 Å². The number of carbonyl (C=O) groups excluding carboxylic acids is 2. The number of nitrogens with one attached hydrogen (secondary N) is 1. The minimum atomic E-state index is -0.120. The third-order valence-electron chi connectivity index (χ3n) is 4.69. The molecule has 0 radical (unpaired) electrons. The quantitative estimate of drug-likeness (QED) is 0.784. The Morgan fingerprint density at radius 1 is 0.909 bits per heavy atom. The first-order valence-electron chi connectivity index (χ1n) is 7.83. The summed E-state index contributed by atoms with van der Waals surface area (Å²) in [4.78, 5) is 25.3. The van der Waals surface area contributed by atoms with Crippen LogP contribution in [-0.2, 0) is 0 Å². The molecule has 0 unspecified atom stereocenters. The number of amides is 1. The summed E-state index contributed by atoms with van der Waals surface area (Å²) in [7, 11) is 0. The van der Waals surface area contributed by atoms with Crippen LogP contribution in [0.5, 0.6) is 0 Å². The Bertz CT molecular complexity index is 773. The van der Waals surface area contributed by atoms with Crippen molar-refractivity contribution >= 4 is 11.7 Å². The molecular formula is C19H17NO2. The van der Waals surface area contributed by atoms with Gasteiger partial charge in [-0.2, -0.15) is 0 Å². The lowest BCUT2D eigenvalue weighted by atomic mass is 10.00. The van der Waals surface area contributed by atoms with Crippen LogP contribution in [0.4, 0.5) is 0 Å². The normalized spacial score (nSPS) is 16.5. The summed E-state index contributed by atoms with van der Waals surface area (Å²) in [6.07, 6.45) is 4.41. The van der Waals surface area contributed by atoms with Crippen LogP contribution in [0, 0.1) is 0 Å². The van der Waals surface area contributed by atoms with E-state index < -0.39 is 0 Å². The van der Waals surface area contributed by atoms with Gasteiger partial charge >= 0.3 is 0 Å². The number of carbonyl (C=O) groups is 2. The molecule has 0 aliphatic heterocycles. The molecule has 0 aromatic heterocycles. The second-order valence-electron chi connectivity index (χ2n) is 6.06. The number of benzene rings is 2. The standard InChI is InChI=1S/C19H17NO2/c21-18-15-9-4-3-8-13(15)14-10-5-11-16(17(14)18)19(22)20-12-6-1-2-7-12/h3-5,8-12H,1-2,6-7H2,(H,20,22). The van der Waals surface area contributed by atoms with Crippen LogP contribution in [0.3, 0.4) is 0 Å². The molecule has 110 valence electrons. The molecule has 0 saturated heterocycles. The van der Waals surface area contributed by atoms with Gasteiger partial charge in [0.05, 0.1) is 5.56 Å². The van der Waals surface area contributed by atoms with Gasteiger partial charge in [0.2, 0.25) is 0 Å². The summed E-state index contributed by atoms with van der Waals surface area (Å²) in [6, 6.07) is 13.3. The summed E-state index contributed by atoms with van der Waals surface area (Å²) in [6.45, 7) is 0. The van der Waals surface area contributed by atoms with Gasteiger partial charge in [-0.3, -0.25) is 9.59 Å². The van der Waals surface area contributed by atoms with Crippen LogP contribution < -0.4 is 5.32 Å². The number of hydrogen-bond donors (Lipinski definition) is 1. The minimum Gasteiger partial charge on any atom is -0.349 e. The number of hydrogen-bond acceptors (Lipinski definition) is 2. The molecule has 2 aliphatic rings. The lowest BCUT2D eigenvalue weighted by Crippen LogP contribution is -2.33. The van der Waals surface area contributed by atoms with Gasteiger partial charge in [0.1, 0.15) is 0 Å². The zero-order valence-corrected chi connectivity index (χ0v) is 12.3. The van der Waals surface area contributed by atoms with Crippen LogP contribution in [0.2, 0.25) is 0 Å². The van der Waals surface area contributed by atoms with E-state index in [1.807, 2.05) is 36.4 Å². The molecule has 4 rings (SSSR count). The summed E-state index contributed by atoms with van der Waals surface area (Å²) >= 11 is 0. The highest BCUT2D eigenvalue weighted by Gasteiger charge is 2.31. The maximum Gasteiger partial charge on any atom is 0.252 e. The summed E-state index contributed by atoms with van der Waals surface area (Å²) in [5, 5.41) is 3.08. The largest absolute Gasteiger partial charge is 0.349 e. The fourth-order valence-corrected chi connectivity index (χ4v) is 3.59. The Morgan fingerprint density at radius 2 is 1.59 bits per heavy atom. The molecule has 0 spiro atoms. The highest BCUT2D eigenvalue weighted by atomic mass is 16.2. The van der Waals surface area contributed by atoms with Crippen molar-refractivity contribution in [3.63, 3.8) is 0 Å². The van der Waals surface area contributed by atoms with Gasteiger partial charge < -0.3 is 5.32 Å². The lowest BCUT2D eigenvalue weighted by Gasteiger charge is -2.13. The van der Waals surface area contributed by atoms with E-state index in [9.17, 15) is 9.59 Å². The molecule has 2 aromatic rings. The van der Waals surface area contributed by atoms with Gasteiger partial charge in [-0.1, -0.05) is 49.2 Å². The third-order valence-corrected chi connectivity index (χ3v) is 4.69. The van der Waals surface area contributed by atoms with E-state index in [0.717, 1.165) is 24.0 Å². The highest BCUT2D eigenvalue weighted by molar-refractivity contribution is 6.25. The average molecular weight is 291 g/mol. The number of fused-ring (bicyclic) bond motifs is 3. The first-order valence-corrected chi connectivity index (χ1v) is 7.83. The Morgan fingerprint density at radius 3 is 2.36 bits per heavy atom. The van der Waals surface area contributed by atoms with Crippen LogP contribution in [0.25, 0.3) is 11.1 Å². The van der Waals surface area contributed by atoms with Gasteiger partial charge in [-0.05, 0) is 30.0 Å². The second kappa shape index (κ2) is 5.09. The van der Waals surface area contributed by atoms with Crippen molar-refractivity contribution in [2.75, 3.05) is 0 Å². The molecule has 1 fully saturated rings. The van der Waals surface area contributed by atoms with Crippen molar-refractivity contribution in [2.45, 2.75) is 31.7 Å². The molecule has 2 aliphatic carbocycles. The Balaban J connectivity index is 1.74. The smallest absolute Gasteiger partial charge is 0.252 e. The van der Waals surface area contributed by atoms with Crippen molar-refractivity contribution in [1.82, 2.24) is 5.32 Å². The highest BCUT2D eigenvalue weighted by Crippen LogP contribution is 2.38. The first-order chi connectivity index (χ1) is 10.8. The predicted octanol–water partition coefficient (Wildman–Crippen LogP) is 3.57. The van der Waals surface area contributed by atoms with Crippen molar-refractivity contribution < 1.29 is 9.59 Å². The van der Waals surface area contributed by atoms with E-state index in [-0.39, 0.29) is 17.7 Å². The molecule has 0 atom stereocenters. The summed E-state index contributed by atoms with van der Waals surface area (Å²) < 4.78 is 0. The molecular weight excluding hydrogens is 274 g/mol. The van der Waals surface area contributed by atoms with Crippen LogP contribution in [0.15, 0.2) is 42.5 Å². The Kier molecular flexibility index (Phi) is 3.07. The molecule has 1 saturated carbocycles. The maximum atomic E-state index is 12.7. The van der Waals surface area contributed by atoms with Crippen LogP contribution >= 0.6 is 0 Å². The van der Waals surface area contributed by atoms with E-state index in [2.05, 4.69) is 5.32 Å². The third kappa shape index (κ3) is 1.97. The van der Waals surface area contributed by atoms with E-state index in [1.54, 1.807) is 6.07 Å². The lowest BCUT2D eigenvalue weighted by molar-refractivity contribution is 0.0928. The van der Waals surface area contributed by atoms with Crippen molar-refractivity contribution in [2.24, 2.45) is 0 Å². The zero-order chi connectivity index (χ0) is 15.1. The number of ketones is 1. The second-order valence-corrected chi connectivity index (χ2v) is 6.06. The first kappa shape index (κ1) is 13.3. The van der Waals surface area contributed by atoms with Crippen molar-refractivity contribution in [3.05, 3.63) is 59.2 Å². The minimum absolute atomic E-state index is 0.0391. The van der Waals surface area contributed by atoms with E-state index in [0.29, 0.717) is 16.7 Å². The van der Waals surface area contributed by atoms with Crippen molar-refractivity contribution in [1.29, 1.82) is 0 Å². The van der Waals surface area contributed by atoms with E-state index in [4.69, 9.17) is 0 Å². The van der Waals surface area contributed by atoms with Gasteiger partial charge in [0, 0.05) is 17.2 Å². The fourth-order valence-electron chi connectivity index (χ4n) is 3.59. The molecule has 0 heterocycles. The van der Waals surface area contributed by atoms with Gasteiger partial charge in [0.25, 0.3) is 5.91 Å². The molecule has 0 bridgehead atoms. The molecule has 1 N–H and O–H groups in total. The predicted molar refractivity (Wildman–Crippen MR) is 85.0 cm³/mol. The van der Waals surface area contributed by atoms with Crippen LogP contribution in [0.1, 0.15) is 52.0 Å². The van der Waals surface area contributed by atoms with Crippen LogP contribution in [-0.4, -0.2) is 17.7 Å². The Hall–Kier alpha value is -2.42. The van der Waals surface area contributed by atoms with Gasteiger partial charge in [-0.15, -0.1) is 0 Å². The van der Waals surface area contributed by atoms with Gasteiger partial charge in [-0.25, -0.2) is 0 Å². The van der Waals surface area contributed by atoms with Gasteiger partial charge in [0.15, 0.2) is 5.78 Å².